The first-order chi connectivity index (χ1) is 11.7. The summed E-state index contributed by atoms with van der Waals surface area (Å²) in [4.78, 5) is 10.6. The maximum atomic E-state index is 4.27. The molecule has 0 saturated carbocycles. The van der Waals surface area contributed by atoms with E-state index in [1.54, 1.807) is 6.33 Å². The van der Waals surface area contributed by atoms with Gasteiger partial charge in [-0.25, -0.2) is 9.97 Å². The van der Waals surface area contributed by atoms with E-state index in [4.69, 9.17) is 0 Å². The second kappa shape index (κ2) is 7.46. The molecule has 24 heavy (non-hydrogen) atoms. The molecule has 1 heterocycles. The zero-order valence-electron chi connectivity index (χ0n) is 13.9. The Balaban J connectivity index is 1.64. The average Bonchev–Trinajstić information content (AvgIpc) is 2.62. The Morgan fingerprint density at radius 1 is 0.875 bits per heavy atom. The average molecular weight is 319 g/mol. The molecule has 0 radical (unpaired) electrons. The normalized spacial score (nSPS) is 10.2. The van der Waals surface area contributed by atoms with Crippen LogP contribution in [0.4, 0.5) is 23.0 Å². The topological polar surface area (TPSA) is 53.1 Å². The van der Waals surface area contributed by atoms with Gasteiger partial charge in [0.15, 0.2) is 0 Å². The summed E-state index contributed by atoms with van der Waals surface area (Å²) in [6.45, 7) is 0.731. The first kappa shape index (κ1) is 15.8. The smallest absolute Gasteiger partial charge is 0.135 e. The Morgan fingerprint density at radius 2 is 1.58 bits per heavy atom. The number of hydrogen-bond acceptors (Lipinski definition) is 5. The third kappa shape index (κ3) is 4.23. The minimum atomic E-state index is 0.731. The highest BCUT2D eigenvalue weighted by atomic mass is 15.1. The molecule has 5 nitrogen and oxygen atoms in total. The van der Waals surface area contributed by atoms with Gasteiger partial charge in [0.1, 0.15) is 18.0 Å². The van der Waals surface area contributed by atoms with E-state index in [0.29, 0.717) is 0 Å². The van der Waals surface area contributed by atoms with E-state index in [0.717, 1.165) is 29.6 Å². The van der Waals surface area contributed by atoms with Gasteiger partial charge in [0.25, 0.3) is 0 Å². The van der Waals surface area contributed by atoms with E-state index in [1.807, 2.05) is 50.5 Å². The van der Waals surface area contributed by atoms with Gasteiger partial charge in [-0.1, -0.05) is 30.3 Å². The Bertz CT molecular complexity index is 769. The molecule has 3 aromatic rings. The lowest BCUT2D eigenvalue weighted by Gasteiger charge is -2.13. The predicted molar refractivity (Wildman–Crippen MR) is 99.9 cm³/mol. The quantitative estimate of drug-likeness (QED) is 0.722. The third-order valence-corrected chi connectivity index (χ3v) is 3.64. The fraction of sp³-hybridized carbons (Fsp3) is 0.158. The highest BCUT2D eigenvalue weighted by molar-refractivity contribution is 5.62. The van der Waals surface area contributed by atoms with Crippen molar-refractivity contribution in [3.8, 4) is 0 Å². The van der Waals surface area contributed by atoms with Crippen LogP contribution in [0.1, 0.15) is 5.56 Å². The third-order valence-electron chi connectivity index (χ3n) is 3.64. The standard InChI is InChI=1S/C19H21N5/c1-24(2)17-10-8-16(9-11-17)23-19-12-18(21-14-22-19)20-13-15-6-4-3-5-7-15/h3-12,14H,13H2,1-2H3,(H2,20,21,22,23). The monoisotopic (exact) mass is 319 g/mol. The molecule has 5 heteroatoms. The Hall–Kier alpha value is -3.08. The lowest BCUT2D eigenvalue weighted by Crippen LogP contribution is -2.08. The number of nitrogens with one attached hydrogen (secondary N) is 2. The van der Waals surface area contributed by atoms with Crippen molar-refractivity contribution in [1.82, 2.24) is 9.97 Å². The van der Waals surface area contributed by atoms with E-state index in [-0.39, 0.29) is 0 Å². The molecule has 1 aromatic heterocycles. The van der Waals surface area contributed by atoms with Crippen molar-refractivity contribution in [2.45, 2.75) is 6.54 Å². The van der Waals surface area contributed by atoms with E-state index in [1.165, 1.54) is 5.56 Å². The molecule has 0 aliphatic rings. The number of rotatable bonds is 6. The second-order valence-electron chi connectivity index (χ2n) is 5.69. The van der Waals surface area contributed by atoms with Crippen molar-refractivity contribution in [3.63, 3.8) is 0 Å². The first-order valence-corrected chi connectivity index (χ1v) is 7.85. The molecular formula is C19H21N5. The fourth-order valence-corrected chi connectivity index (χ4v) is 2.30. The van der Waals surface area contributed by atoms with Crippen LogP contribution >= 0.6 is 0 Å². The highest BCUT2D eigenvalue weighted by Crippen LogP contribution is 2.20. The number of benzene rings is 2. The lowest BCUT2D eigenvalue weighted by atomic mass is 10.2. The molecule has 3 rings (SSSR count). The van der Waals surface area contributed by atoms with E-state index in [9.17, 15) is 0 Å². The van der Waals surface area contributed by atoms with E-state index in [2.05, 4.69) is 49.8 Å². The van der Waals surface area contributed by atoms with Crippen LogP contribution in [0.15, 0.2) is 67.0 Å². The Labute approximate surface area is 142 Å². The van der Waals surface area contributed by atoms with Crippen molar-refractivity contribution in [1.29, 1.82) is 0 Å². The van der Waals surface area contributed by atoms with Crippen LogP contribution in [-0.2, 0) is 6.54 Å². The molecule has 0 saturated heterocycles. The molecule has 2 aromatic carbocycles. The SMILES string of the molecule is CN(C)c1ccc(Nc2cc(NCc3ccccc3)ncn2)cc1. The van der Waals surface area contributed by atoms with Gasteiger partial charge in [-0.15, -0.1) is 0 Å². The zero-order chi connectivity index (χ0) is 16.8. The highest BCUT2D eigenvalue weighted by Gasteiger charge is 2.01. The van der Waals surface area contributed by atoms with Crippen molar-refractivity contribution >= 4 is 23.0 Å². The van der Waals surface area contributed by atoms with Gasteiger partial charge in [-0.3, -0.25) is 0 Å². The Morgan fingerprint density at radius 3 is 2.29 bits per heavy atom. The minimum Gasteiger partial charge on any atom is -0.378 e. The zero-order valence-corrected chi connectivity index (χ0v) is 13.9. The van der Waals surface area contributed by atoms with E-state index < -0.39 is 0 Å². The van der Waals surface area contributed by atoms with Crippen LogP contribution in [0.3, 0.4) is 0 Å². The number of anilines is 4. The summed E-state index contributed by atoms with van der Waals surface area (Å²) in [5.74, 6) is 1.56. The van der Waals surface area contributed by atoms with Crippen LogP contribution in [0.5, 0.6) is 0 Å². The van der Waals surface area contributed by atoms with Gasteiger partial charge < -0.3 is 15.5 Å². The fourth-order valence-electron chi connectivity index (χ4n) is 2.30. The van der Waals surface area contributed by atoms with Gasteiger partial charge in [0.2, 0.25) is 0 Å². The largest absolute Gasteiger partial charge is 0.378 e. The van der Waals surface area contributed by atoms with Crippen molar-refractivity contribution in [2.24, 2.45) is 0 Å². The van der Waals surface area contributed by atoms with Crippen LogP contribution in [0.25, 0.3) is 0 Å². The molecule has 0 unspecified atom stereocenters. The summed E-state index contributed by atoms with van der Waals surface area (Å²) in [5.41, 5.74) is 3.37. The molecule has 122 valence electrons. The summed E-state index contributed by atoms with van der Waals surface area (Å²) in [5, 5.41) is 6.61. The summed E-state index contributed by atoms with van der Waals surface area (Å²) < 4.78 is 0. The van der Waals surface area contributed by atoms with Gasteiger partial charge >= 0.3 is 0 Å². The lowest BCUT2D eigenvalue weighted by molar-refractivity contribution is 1.08. The maximum absolute atomic E-state index is 4.27. The molecule has 0 amide bonds. The molecular weight excluding hydrogens is 298 g/mol. The summed E-state index contributed by atoms with van der Waals surface area (Å²) in [7, 11) is 4.05. The molecule has 0 bridgehead atoms. The maximum Gasteiger partial charge on any atom is 0.135 e. The van der Waals surface area contributed by atoms with Gasteiger partial charge in [0, 0.05) is 38.1 Å². The second-order valence-corrected chi connectivity index (χ2v) is 5.69. The molecule has 0 fully saturated rings. The van der Waals surface area contributed by atoms with Gasteiger partial charge in [0.05, 0.1) is 0 Å². The number of hydrogen-bond donors (Lipinski definition) is 2. The summed E-state index contributed by atoms with van der Waals surface area (Å²) in [6, 6.07) is 20.3. The summed E-state index contributed by atoms with van der Waals surface area (Å²) in [6.07, 6.45) is 1.56. The molecule has 0 aliphatic heterocycles. The van der Waals surface area contributed by atoms with Gasteiger partial charge in [-0.05, 0) is 29.8 Å². The van der Waals surface area contributed by atoms with Crippen LogP contribution in [-0.4, -0.2) is 24.1 Å². The predicted octanol–water partition coefficient (Wildman–Crippen LogP) is 3.90. The molecule has 0 aliphatic carbocycles. The van der Waals surface area contributed by atoms with Crippen molar-refractivity contribution in [2.75, 3.05) is 29.6 Å². The summed E-state index contributed by atoms with van der Waals surface area (Å²) >= 11 is 0. The van der Waals surface area contributed by atoms with Crippen LogP contribution < -0.4 is 15.5 Å². The minimum absolute atomic E-state index is 0.731. The van der Waals surface area contributed by atoms with Gasteiger partial charge in [-0.2, -0.15) is 0 Å². The van der Waals surface area contributed by atoms with Crippen LogP contribution in [0.2, 0.25) is 0 Å². The molecule has 0 spiro atoms. The number of aromatic nitrogens is 2. The molecule has 2 N–H and O–H groups in total. The Kier molecular flexibility index (Phi) is 4.91. The molecule has 0 atom stereocenters. The first-order valence-electron chi connectivity index (χ1n) is 7.85. The van der Waals surface area contributed by atoms with Crippen molar-refractivity contribution in [3.05, 3.63) is 72.6 Å². The van der Waals surface area contributed by atoms with E-state index >= 15 is 0 Å². The van der Waals surface area contributed by atoms with Crippen LogP contribution in [0, 0.1) is 0 Å². The number of nitrogens with zero attached hydrogens (tertiary/aromatic N) is 3. The van der Waals surface area contributed by atoms with Crippen molar-refractivity contribution < 1.29 is 0 Å².